The topological polar surface area (TPSA) is 49.9 Å². The second kappa shape index (κ2) is 10.3. The van der Waals surface area contributed by atoms with Crippen LogP contribution in [-0.2, 0) is 28.9 Å². The molecule has 0 spiro atoms. The Labute approximate surface area is 179 Å². The Bertz CT molecular complexity index is 853. The van der Waals surface area contributed by atoms with Crippen molar-refractivity contribution in [1.82, 2.24) is 9.80 Å². The molecule has 0 N–H and O–H groups in total. The van der Waals surface area contributed by atoms with Crippen molar-refractivity contribution < 1.29 is 14.3 Å². The summed E-state index contributed by atoms with van der Waals surface area (Å²) in [6.45, 7) is 6.77. The Morgan fingerprint density at radius 2 is 1.37 bits per heavy atom. The second-order valence-electron chi connectivity index (χ2n) is 8.38. The second-order valence-corrected chi connectivity index (χ2v) is 8.38. The fourth-order valence-corrected chi connectivity index (χ4v) is 3.83. The molecule has 0 saturated carbocycles. The Morgan fingerprint density at radius 3 is 1.90 bits per heavy atom. The maximum absolute atomic E-state index is 12.7. The van der Waals surface area contributed by atoms with Crippen molar-refractivity contribution in [2.75, 3.05) is 33.3 Å². The fraction of sp³-hybridized carbons (Fsp3) is 0.440. The number of amides is 2. The summed E-state index contributed by atoms with van der Waals surface area (Å²) in [6.07, 6.45) is 1.83. The van der Waals surface area contributed by atoms with E-state index in [0.717, 1.165) is 23.3 Å². The van der Waals surface area contributed by atoms with Gasteiger partial charge in [0.15, 0.2) is 0 Å². The van der Waals surface area contributed by atoms with Crippen LogP contribution < -0.4 is 4.74 Å². The Balaban J connectivity index is 1.47. The number of hydrogen-bond donors (Lipinski definition) is 0. The van der Waals surface area contributed by atoms with E-state index < -0.39 is 0 Å². The van der Waals surface area contributed by atoms with Crippen LogP contribution in [0, 0.1) is 5.92 Å². The highest BCUT2D eigenvalue weighted by atomic mass is 16.5. The van der Waals surface area contributed by atoms with Gasteiger partial charge in [0.2, 0.25) is 11.8 Å². The molecule has 0 atom stereocenters. The zero-order valence-electron chi connectivity index (χ0n) is 18.3. The molecule has 0 aliphatic carbocycles. The molecule has 0 radical (unpaired) electrons. The summed E-state index contributed by atoms with van der Waals surface area (Å²) in [5, 5.41) is 0. The Kier molecular flexibility index (Phi) is 7.50. The fourth-order valence-electron chi connectivity index (χ4n) is 3.83. The smallest absolute Gasteiger partial charge is 0.227 e. The summed E-state index contributed by atoms with van der Waals surface area (Å²) < 4.78 is 5.23. The van der Waals surface area contributed by atoms with Crippen LogP contribution in [0.2, 0.25) is 0 Å². The average molecular weight is 409 g/mol. The molecule has 0 aromatic heterocycles. The molecule has 2 amide bonds. The predicted octanol–water partition coefficient (Wildman–Crippen LogP) is 3.35. The lowest BCUT2D eigenvalue weighted by Gasteiger charge is -2.35. The highest BCUT2D eigenvalue weighted by Crippen LogP contribution is 2.15. The lowest BCUT2D eigenvalue weighted by atomic mass is 10.0. The van der Waals surface area contributed by atoms with Gasteiger partial charge in [-0.15, -0.1) is 0 Å². The first-order chi connectivity index (χ1) is 14.4. The van der Waals surface area contributed by atoms with E-state index >= 15 is 0 Å². The molecule has 30 heavy (non-hydrogen) atoms. The zero-order chi connectivity index (χ0) is 21.5. The van der Waals surface area contributed by atoms with Gasteiger partial charge in [-0.25, -0.2) is 0 Å². The molecular formula is C25H32N2O3. The van der Waals surface area contributed by atoms with Crippen LogP contribution in [0.4, 0.5) is 0 Å². The summed E-state index contributed by atoms with van der Waals surface area (Å²) in [5.74, 6) is 1.61. The van der Waals surface area contributed by atoms with Crippen LogP contribution in [0.5, 0.6) is 5.75 Å². The van der Waals surface area contributed by atoms with Crippen molar-refractivity contribution in [3.63, 3.8) is 0 Å². The minimum atomic E-state index is 0.0936. The number of piperazine rings is 1. The van der Waals surface area contributed by atoms with Crippen LogP contribution in [0.1, 0.15) is 30.5 Å². The first kappa shape index (κ1) is 21.9. The molecule has 0 unspecified atom stereocenters. The van der Waals surface area contributed by atoms with E-state index in [2.05, 4.69) is 38.1 Å². The number of ether oxygens (including phenoxy) is 1. The number of hydrogen-bond acceptors (Lipinski definition) is 3. The highest BCUT2D eigenvalue weighted by Gasteiger charge is 2.24. The van der Waals surface area contributed by atoms with Crippen LogP contribution in [0.25, 0.3) is 0 Å². The summed E-state index contributed by atoms with van der Waals surface area (Å²) in [4.78, 5) is 29.0. The van der Waals surface area contributed by atoms with Gasteiger partial charge < -0.3 is 14.5 Å². The third kappa shape index (κ3) is 6.09. The lowest BCUT2D eigenvalue weighted by molar-refractivity contribution is -0.138. The monoisotopic (exact) mass is 408 g/mol. The van der Waals surface area contributed by atoms with Crippen LogP contribution in [-0.4, -0.2) is 54.9 Å². The molecule has 2 aromatic rings. The molecular weight excluding hydrogens is 376 g/mol. The predicted molar refractivity (Wildman–Crippen MR) is 119 cm³/mol. The van der Waals surface area contributed by atoms with Crippen LogP contribution >= 0.6 is 0 Å². The summed E-state index contributed by atoms with van der Waals surface area (Å²) >= 11 is 0. The van der Waals surface area contributed by atoms with Gasteiger partial charge in [0.1, 0.15) is 5.75 Å². The summed E-state index contributed by atoms with van der Waals surface area (Å²) in [5.41, 5.74) is 3.30. The number of carbonyl (C=O) groups is 2. The van der Waals surface area contributed by atoms with E-state index in [1.165, 1.54) is 5.56 Å². The van der Waals surface area contributed by atoms with Gasteiger partial charge in [-0.2, -0.15) is 0 Å². The first-order valence-electron chi connectivity index (χ1n) is 10.7. The maximum atomic E-state index is 12.7. The summed E-state index contributed by atoms with van der Waals surface area (Å²) in [7, 11) is 1.62. The number of rotatable bonds is 7. The maximum Gasteiger partial charge on any atom is 0.227 e. The molecule has 1 fully saturated rings. The van der Waals surface area contributed by atoms with Crippen LogP contribution in [0.3, 0.4) is 0 Å². The van der Waals surface area contributed by atoms with Gasteiger partial charge >= 0.3 is 0 Å². The molecule has 160 valence electrons. The van der Waals surface area contributed by atoms with E-state index in [0.29, 0.717) is 44.9 Å². The number of nitrogens with zero attached hydrogens (tertiary/aromatic N) is 2. The Morgan fingerprint density at radius 1 is 0.833 bits per heavy atom. The third-order valence-electron chi connectivity index (χ3n) is 5.50. The molecule has 1 saturated heterocycles. The molecule has 1 aliphatic rings. The molecule has 5 nitrogen and oxygen atoms in total. The van der Waals surface area contributed by atoms with Crippen molar-refractivity contribution in [3.8, 4) is 5.75 Å². The average Bonchev–Trinajstić information content (AvgIpc) is 2.75. The van der Waals surface area contributed by atoms with Crippen molar-refractivity contribution in [1.29, 1.82) is 0 Å². The first-order valence-corrected chi connectivity index (χ1v) is 10.7. The van der Waals surface area contributed by atoms with Gasteiger partial charge in [-0.1, -0.05) is 50.2 Å². The molecule has 0 bridgehead atoms. The standard InChI is InChI=1S/C25H32N2O3/c1-19(2)15-20-7-9-21(10-8-20)17-24(28)26-11-13-27(14-12-26)25(29)18-22-5-4-6-23(16-22)30-3/h4-10,16,19H,11-15,17-18H2,1-3H3. The molecule has 3 rings (SSSR count). The van der Waals surface area contributed by atoms with Crippen LogP contribution in [0.15, 0.2) is 48.5 Å². The van der Waals surface area contributed by atoms with Gasteiger partial charge in [-0.05, 0) is 41.2 Å². The van der Waals surface area contributed by atoms with E-state index in [9.17, 15) is 9.59 Å². The van der Waals surface area contributed by atoms with Gasteiger partial charge in [0.05, 0.1) is 20.0 Å². The van der Waals surface area contributed by atoms with E-state index in [1.54, 1.807) is 7.11 Å². The van der Waals surface area contributed by atoms with Crippen molar-refractivity contribution in [2.45, 2.75) is 33.1 Å². The minimum absolute atomic E-state index is 0.0936. The lowest BCUT2D eigenvalue weighted by Crippen LogP contribution is -2.51. The third-order valence-corrected chi connectivity index (χ3v) is 5.50. The quantitative estimate of drug-likeness (QED) is 0.706. The Hall–Kier alpha value is -2.82. The number of carbonyl (C=O) groups excluding carboxylic acids is 2. The van der Waals surface area contributed by atoms with E-state index in [-0.39, 0.29) is 11.8 Å². The van der Waals surface area contributed by atoms with Crippen molar-refractivity contribution in [3.05, 3.63) is 65.2 Å². The minimum Gasteiger partial charge on any atom is -0.497 e. The van der Waals surface area contributed by atoms with Crippen molar-refractivity contribution in [2.24, 2.45) is 5.92 Å². The molecule has 2 aromatic carbocycles. The molecule has 5 heteroatoms. The number of benzene rings is 2. The number of methoxy groups -OCH3 is 1. The molecule has 1 aliphatic heterocycles. The van der Waals surface area contributed by atoms with Gasteiger partial charge in [0, 0.05) is 26.2 Å². The van der Waals surface area contributed by atoms with E-state index in [1.807, 2.05) is 34.1 Å². The normalized spacial score (nSPS) is 14.1. The zero-order valence-corrected chi connectivity index (χ0v) is 18.3. The van der Waals surface area contributed by atoms with E-state index in [4.69, 9.17) is 4.74 Å². The SMILES string of the molecule is COc1cccc(CC(=O)N2CCN(C(=O)Cc3ccc(CC(C)C)cc3)CC2)c1. The highest BCUT2D eigenvalue weighted by molar-refractivity contribution is 5.81. The largest absolute Gasteiger partial charge is 0.497 e. The van der Waals surface area contributed by atoms with Gasteiger partial charge in [-0.3, -0.25) is 9.59 Å². The van der Waals surface area contributed by atoms with Crippen molar-refractivity contribution >= 4 is 11.8 Å². The van der Waals surface area contributed by atoms with Gasteiger partial charge in [0.25, 0.3) is 0 Å². The summed E-state index contributed by atoms with van der Waals surface area (Å²) in [6, 6.07) is 16.0. The molecule has 1 heterocycles.